The van der Waals surface area contributed by atoms with Crippen LogP contribution in [0.2, 0.25) is 0 Å². The lowest BCUT2D eigenvalue weighted by Gasteiger charge is -2.14. The van der Waals surface area contributed by atoms with Crippen molar-refractivity contribution in [3.05, 3.63) is 50.5 Å². The summed E-state index contributed by atoms with van der Waals surface area (Å²) >= 11 is 1.26. The fourth-order valence-corrected chi connectivity index (χ4v) is 4.52. The van der Waals surface area contributed by atoms with Gasteiger partial charge in [0.25, 0.3) is 11.5 Å². The van der Waals surface area contributed by atoms with E-state index in [1.165, 1.54) is 16.0 Å². The predicted octanol–water partition coefficient (Wildman–Crippen LogP) is 1.87. The lowest BCUT2D eigenvalue weighted by Crippen LogP contribution is -2.31. The van der Waals surface area contributed by atoms with Crippen molar-refractivity contribution in [2.45, 2.75) is 52.0 Å². The lowest BCUT2D eigenvalue weighted by atomic mass is 10.1. The Kier molecular flexibility index (Phi) is 5.90. The van der Waals surface area contributed by atoms with Crippen LogP contribution in [0.4, 0.5) is 0 Å². The highest BCUT2D eigenvalue weighted by Gasteiger charge is 2.30. The molecule has 0 radical (unpaired) electrons. The number of likely N-dealkylation sites (tertiary alicyclic amines) is 1. The number of amides is 2. The molecule has 0 aromatic carbocycles. The van der Waals surface area contributed by atoms with Crippen molar-refractivity contribution in [1.29, 1.82) is 0 Å². The van der Waals surface area contributed by atoms with Gasteiger partial charge in [0.05, 0.1) is 11.8 Å². The molecule has 164 valence electrons. The molecule has 9 nitrogen and oxygen atoms in total. The molecule has 3 aromatic rings. The van der Waals surface area contributed by atoms with Gasteiger partial charge in [-0.3, -0.25) is 19.5 Å². The minimum atomic E-state index is -0.179. The maximum absolute atomic E-state index is 13.0. The van der Waals surface area contributed by atoms with E-state index in [2.05, 4.69) is 19.8 Å². The topological polar surface area (TPSA) is 112 Å². The highest BCUT2D eigenvalue weighted by atomic mass is 32.1. The number of hydrogen-bond donors (Lipinski definition) is 2. The van der Waals surface area contributed by atoms with Crippen LogP contribution in [0.3, 0.4) is 0 Å². The molecule has 31 heavy (non-hydrogen) atoms. The van der Waals surface area contributed by atoms with Gasteiger partial charge < -0.3 is 10.2 Å². The SMILES string of the molecule is Cc1nc2cc(C3CCN(C(=O)c4cnsc4)C3)[nH]n2c(=O)c1CCC(=O)NC(C)C. The van der Waals surface area contributed by atoms with E-state index in [9.17, 15) is 14.4 Å². The van der Waals surface area contributed by atoms with Crippen molar-refractivity contribution < 1.29 is 9.59 Å². The molecule has 4 heterocycles. The van der Waals surface area contributed by atoms with Crippen LogP contribution in [0.5, 0.6) is 0 Å². The van der Waals surface area contributed by atoms with Gasteiger partial charge in [-0.15, -0.1) is 0 Å². The van der Waals surface area contributed by atoms with E-state index >= 15 is 0 Å². The Morgan fingerprint density at radius 3 is 2.90 bits per heavy atom. The van der Waals surface area contributed by atoms with Crippen molar-refractivity contribution >= 4 is 29.0 Å². The molecule has 2 amide bonds. The fourth-order valence-electron chi connectivity index (χ4n) is 4.01. The van der Waals surface area contributed by atoms with Gasteiger partial charge in [0.15, 0.2) is 5.65 Å². The van der Waals surface area contributed by atoms with E-state index in [0.29, 0.717) is 42.0 Å². The third kappa shape index (κ3) is 4.39. The average Bonchev–Trinajstić information content (AvgIpc) is 3.46. The molecule has 1 aliphatic heterocycles. The maximum atomic E-state index is 13.0. The van der Waals surface area contributed by atoms with Gasteiger partial charge in [-0.25, -0.2) is 13.9 Å². The van der Waals surface area contributed by atoms with Crippen molar-refractivity contribution in [2.24, 2.45) is 0 Å². The second-order valence-corrected chi connectivity index (χ2v) is 8.92. The highest BCUT2D eigenvalue weighted by Crippen LogP contribution is 2.28. The molecule has 0 aliphatic carbocycles. The van der Waals surface area contributed by atoms with Gasteiger partial charge in [0, 0.05) is 59.9 Å². The Morgan fingerprint density at radius 1 is 1.39 bits per heavy atom. The molecule has 0 saturated carbocycles. The van der Waals surface area contributed by atoms with Gasteiger partial charge in [0.2, 0.25) is 5.91 Å². The quantitative estimate of drug-likeness (QED) is 0.605. The van der Waals surface area contributed by atoms with Crippen LogP contribution >= 0.6 is 11.5 Å². The number of fused-ring (bicyclic) bond motifs is 1. The molecule has 0 spiro atoms. The third-order valence-corrected chi connectivity index (χ3v) is 6.17. The minimum Gasteiger partial charge on any atom is -0.354 e. The minimum absolute atomic E-state index is 0.0135. The number of aromatic nitrogens is 4. The zero-order valence-electron chi connectivity index (χ0n) is 17.8. The van der Waals surface area contributed by atoms with E-state index in [1.54, 1.807) is 18.5 Å². The summed E-state index contributed by atoms with van der Waals surface area (Å²) in [7, 11) is 0. The van der Waals surface area contributed by atoms with Gasteiger partial charge in [0.1, 0.15) is 0 Å². The lowest BCUT2D eigenvalue weighted by molar-refractivity contribution is -0.121. The predicted molar refractivity (Wildman–Crippen MR) is 118 cm³/mol. The van der Waals surface area contributed by atoms with Crippen LogP contribution in [-0.2, 0) is 11.2 Å². The van der Waals surface area contributed by atoms with Gasteiger partial charge >= 0.3 is 0 Å². The van der Waals surface area contributed by atoms with E-state index in [1.807, 2.05) is 24.8 Å². The number of aryl methyl sites for hydroxylation is 1. The van der Waals surface area contributed by atoms with Crippen molar-refractivity contribution in [3.8, 4) is 0 Å². The zero-order chi connectivity index (χ0) is 22.1. The van der Waals surface area contributed by atoms with Crippen molar-refractivity contribution in [3.63, 3.8) is 0 Å². The molecular weight excluding hydrogens is 416 g/mol. The molecule has 1 saturated heterocycles. The van der Waals surface area contributed by atoms with Crippen molar-refractivity contribution in [2.75, 3.05) is 13.1 Å². The van der Waals surface area contributed by atoms with Gasteiger partial charge in [-0.05, 0) is 45.1 Å². The van der Waals surface area contributed by atoms with Gasteiger partial charge in [-0.1, -0.05) is 0 Å². The molecule has 4 rings (SSSR count). The number of carbonyl (C=O) groups excluding carboxylic acids is 2. The van der Waals surface area contributed by atoms with Crippen LogP contribution in [-0.4, -0.2) is 54.8 Å². The normalized spacial score (nSPS) is 16.4. The Hall–Kier alpha value is -3.01. The summed E-state index contributed by atoms with van der Waals surface area (Å²) in [6.45, 7) is 6.85. The summed E-state index contributed by atoms with van der Waals surface area (Å²) in [6, 6.07) is 1.95. The average molecular weight is 443 g/mol. The number of nitrogens with one attached hydrogen (secondary N) is 2. The van der Waals surface area contributed by atoms with Crippen LogP contribution in [0.1, 0.15) is 59.9 Å². The first-order valence-corrected chi connectivity index (χ1v) is 11.3. The number of nitrogens with zero attached hydrogens (tertiary/aromatic N) is 4. The van der Waals surface area contributed by atoms with Crippen LogP contribution < -0.4 is 10.9 Å². The molecule has 1 unspecified atom stereocenters. The van der Waals surface area contributed by atoms with E-state index in [0.717, 1.165) is 12.1 Å². The Morgan fingerprint density at radius 2 is 2.19 bits per heavy atom. The molecule has 1 atom stereocenters. The molecule has 0 bridgehead atoms. The molecule has 1 fully saturated rings. The standard InChI is InChI=1S/C21H26N6O3S/c1-12(2)23-19(28)5-4-16-13(3)24-18-8-17(25-27(18)21(16)30)14-6-7-26(10-14)20(29)15-9-22-31-11-15/h8-9,11-12,14,25H,4-7,10H2,1-3H3,(H,23,28). The third-order valence-electron chi connectivity index (χ3n) is 5.58. The Labute approximate surface area is 183 Å². The number of H-pyrrole nitrogens is 1. The summed E-state index contributed by atoms with van der Waals surface area (Å²) in [6.07, 6.45) is 2.99. The first-order valence-electron chi connectivity index (χ1n) is 10.4. The first-order chi connectivity index (χ1) is 14.8. The molecule has 3 aromatic heterocycles. The smallest absolute Gasteiger partial charge is 0.276 e. The fraction of sp³-hybridized carbons (Fsp3) is 0.476. The molecule has 1 aliphatic rings. The second kappa shape index (κ2) is 8.62. The first kappa shape index (κ1) is 21.2. The van der Waals surface area contributed by atoms with Crippen molar-refractivity contribution in [1.82, 2.24) is 29.2 Å². The summed E-state index contributed by atoms with van der Waals surface area (Å²) < 4.78 is 5.45. The summed E-state index contributed by atoms with van der Waals surface area (Å²) in [4.78, 5) is 44.0. The second-order valence-electron chi connectivity index (χ2n) is 8.26. The number of carbonyl (C=O) groups is 2. The van der Waals surface area contributed by atoms with Gasteiger partial charge in [-0.2, -0.15) is 0 Å². The Bertz CT molecular complexity index is 1160. The number of hydrogen-bond acceptors (Lipinski definition) is 6. The largest absolute Gasteiger partial charge is 0.354 e. The maximum Gasteiger partial charge on any atom is 0.276 e. The van der Waals surface area contributed by atoms with Crippen LogP contribution in [0.15, 0.2) is 22.4 Å². The molecule has 10 heteroatoms. The van der Waals surface area contributed by atoms with E-state index in [4.69, 9.17) is 0 Å². The summed E-state index contributed by atoms with van der Waals surface area (Å²) in [5, 5.41) is 7.78. The Balaban J connectivity index is 1.52. The van der Waals surface area contributed by atoms with E-state index < -0.39 is 0 Å². The molecule has 2 N–H and O–H groups in total. The van der Waals surface area contributed by atoms with E-state index in [-0.39, 0.29) is 35.8 Å². The zero-order valence-corrected chi connectivity index (χ0v) is 18.7. The summed E-state index contributed by atoms with van der Waals surface area (Å²) in [5.41, 5.74) is 3.06. The van der Waals surface area contributed by atoms with Crippen LogP contribution in [0, 0.1) is 6.92 Å². The molecular formula is C21H26N6O3S. The highest BCUT2D eigenvalue weighted by molar-refractivity contribution is 7.03. The summed E-state index contributed by atoms with van der Waals surface area (Å²) in [5.74, 6) is 0.0142. The van der Waals surface area contributed by atoms with Crippen LogP contribution in [0.25, 0.3) is 5.65 Å². The number of aromatic amines is 1. The monoisotopic (exact) mass is 442 g/mol. The number of rotatable bonds is 6.